The van der Waals surface area contributed by atoms with Crippen LogP contribution in [0.2, 0.25) is 0 Å². The second-order valence-electron chi connectivity index (χ2n) is 5.78. The number of nitrogens with zero attached hydrogens (tertiary/aromatic N) is 2. The normalized spacial score (nSPS) is 45.8. The summed E-state index contributed by atoms with van der Waals surface area (Å²) in [6.07, 6.45) is 4.45. The topological polar surface area (TPSA) is 51.8 Å². The summed E-state index contributed by atoms with van der Waals surface area (Å²) in [5.41, 5.74) is 5.84. The Kier molecular flexibility index (Phi) is 1.82. The molecule has 0 aromatic carbocycles. The average molecular weight is 235 g/mol. The molecule has 86 valence electrons. The van der Waals surface area contributed by atoms with E-state index in [2.05, 4.69) is 10.2 Å². The molecule has 3 aliphatic carbocycles. The van der Waals surface area contributed by atoms with Crippen molar-refractivity contribution < 1.29 is 0 Å². The predicted octanol–water partition coefficient (Wildman–Crippen LogP) is 2.32. The van der Waals surface area contributed by atoms with Gasteiger partial charge in [-0.05, 0) is 49.9 Å². The number of fused-ring (bicyclic) bond motifs is 5. The van der Waals surface area contributed by atoms with Gasteiger partial charge in [0.05, 0.1) is 6.04 Å². The summed E-state index contributed by atoms with van der Waals surface area (Å²) in [7, 11) is 0. The molecule has 2 N–H and O–H groups in total. The smallest absolute Gasteiger partial charge is 0.133 e. The van der Waals surface area contributed by atoms with Crippen LogP contribution in [-0.2, 0) is 0 Å². The Labute approximate surface area is 99.5 Å². The van der Waals surface area contributed by atoms with E-state index in [1.807, 2.05) is 6.92 Å². The van der Waals surface area contributed by atoms with Crippen LogP contribution in [0.25, 0.3) is 0 Å². The van der Waals surface area contributed by atoms with E-state index in [1.165, 1.54) is 24.3 Å². The summed E-state index contributed by atoms with van der Waals surface area (Å²) in [6, 6.07) is 0.0431. The molecule has 4 heteroatoms. The third kappa shape index (κ3) is 1.12. The molecule has 1 aromatic rings. The van der Waals surface area contributed by atoms with Gasteiger partial charge in [-0.15, -0.1) is 10.2 Å². The molecule has 5 unspecified atom stereocenters. The Morgan fingerprint density at radius 2 is 1.94 bits per heavy atom. The molecular formula is C12H17N3S. The van der Waals surface area contributed by atoms with Crippen molar-refractivity contribution in [2.75, 3.05) is 0 Å². The molecule has 2 bridgehead atoms. The lowest BCUT2D eigenvalue weighted by atomic mass is 10.0. The monoisotopic (exact) mass is 235 g/mol. The van der Waals surface area contributed by atoms with E-state index < -0.39 is 0 Å². The van der Waals surface area contributed by atoms with Crippen LogP contribution in [-0.4, -0.2) is 10.2 Å². The van der Waals surface area contributed by atoms with E-state index >= 15 is 0 Å². The Bertz CT molecular complexity index is 412. The maximum absolute atomic E-state index is 5.84. The lowest BCUT2D eigenvalue weighted by Gasteiger charge is -2.04. The van der Waals surface area contributed by atoms with Crippen LogP contribution in [0, 0.1) is 23.7 Å². The second kappa shape index (κ2) is 3.05. The lowest BCUT2D eigenvalue weighted by molar-refractivity contribution is 0.456. The predicted molar refractivity (Wildman–Crippen MR) is 63.1 cm³/mol. The Balaban J connectivity index is 1.59. The van der Waals surface area contributed by atoms with Gasteiger partial charge >= 0.3 is 0 Å². The Morgan fingerprint density at radius 3 is 2.50 bits per heavy atom. The standard InChI is InChI=1S/C12H17N3S/c1-5(13)11-14-15-12(16-11)10-8-6-2-3-7(4-6)9(8)10/h5-10H,2-4,13H2,1H3. The summed E-state index contributed by atoms with van der Waals surface area (Å²) in [5.74, 6) is 4.72. The molecule has 16 heavy (non-hydrogen) atoms. The minimum Gasteiger partial charge on any atom is -0.322 e. The summed E-state index contributed by atoms with van der Waals surface area (Å²) in [5, 5.41) is 10.9. The van der Waals surface area contributed by atoms with Crippen LogP contribution in [0.4, 0.5) is 0 Å². The van der Waals surface area contributed by atoms with Gasteiger partial charge in [-0.25, -0.2) is 0 Å². The van der Waals surface area contributed by atoms with Gasteiger partial charge in [-0.1, -0.05) is 11.3 Å². The van der Waals surface area contributed by atoms with Crippen LogP contribution in [0.1, 0.15) is 48.2 Å². The van der Waals surface area contributed by atoms with E-state index in [1.54, 1.807) is 11.3 Å². The molecule has 0 radical (unpaired) electrons. The molecule has 4 rings (SSSR count). The van der Waals surface area contributed by atoms with E-state index in [0.717, 1.165) is 34.6 Å². The maximum atomic E-state index is 5.84. The van der Waals surface area contributed by atoms with E-state index in [-0.39, 0.29) is 6.04 Å². The molecule has 3 fully saturated rings. The van der Waals surface area contributed by atoms with Crippen molar-refractivity contribution >= 4 is 11.3 Å². The third-order valence-electron chi connectivity index (χ3n) is 4.87. The SMILES string of the molecule is CC(N)c1nnc(C2C3C4CCC(C4)C23)s1. The number of aromatic nitrogens is 2. The van der Waals surface area contributed by atoms with Crippen molar-refractivity contribution in [2.45, 2.75) is 38.1 Å². The number of hydrogen-bond acceptors (Lipinski definition) is 4. The highest BCUT2D eigenvalue weighted by molar-refractivity contribution is 7.11. The van der Waals surface area contributed by atoms with Gasteiger partial charge in [-0.3, -0.25) is 0 Å². The van der Waals surface area contributed by atoms with Gasteiger partial charge in [-0.2, -0.15) is 0 Å². The Morgan fingerprint density at radius 1 is 1.25 bits per heavy atom. The lowest BCUT2D eigenvalue weighted by Crippen LogP contribution is -2.03. The number of rotatable bonds is 2. The maximum Gasteiger partial charge on any atom is 0.133 e. The zero-order chi connectivity index (χ0) is 10.9. The molecule has 3 saturated carbocycles. The first-order valence-corrected chi connectivity index (χ1v) is 7.16. The van der Waals surface area contributed by atoms with Gasteiger partial charge in [0.2, 0.25) is 0 Å². The molecule has 3 nitrogen and oxygen atoms in total. The van der Waals surface area contributed by atoms with Crippen molar-refractivity contribution in [3.05, 3.63) is 10.0 Å². The zero-order valence-corrected chi connectivity index (χ0v) is 10.3. The van der Waals surface area contributed by atoms with Crippen LogP contribution in [0.15, 0.2) is 0 Å². The van der Waals surface area contributed by atoms with E-state index in [4.69, 9.17) is 5.73 Å². The molecule has 5 atom stereocenters. The summed E-state index contributed by atoms with van der Waals surface area (Å²) in [6.45, 7) is 1.99. The average Bonchev–Trinajstić information content (AvgIpc) is 2.74. The molecule has 1 heterocycles. The highest BCUT2D eigenvalue weighted by Crippen LogP contribution is 2.73. The highest BCUT2D eigenvalue weighted by atomic mass is 32.1. The van der Waals surface area contributed by atoms with Gasteiger partial charge in [0.1, 0.15) is 10.0 Å². The first kappa shape index (κ1) is 9.54. The first-order chi connectivity index (χ1) is 7.75. The van der Waals surface area contributed by atoms with Crippen LogP contribution in [0.5, 0.6) is 0 Å². The number of hydrogen-bond donors (Lipinski definition) is 1. The quantitative estimate of drug-likeness (QED) is 0.856. The van der Waals surface area contributed by atoms with Gasteiger partial charge in [0.25, 0.3) is 0 Å². The van der Waals surface area contributed by atoms with Gasteiger partial charge < -0.3 is 5.73 Å². The van der Waals surface area contributed by atoms with Gasteiger partial charge in [0, 0.05) is 5.92 Å². The van der Waals surface area contributed by atoms with Crippen molar-refractivity contribution in [3.8, 4) is 0 Å². The molecule has 0 saturated heterocycles. The van der Waals surface area contributed by atoms with Crippen LogP contribution < -0.4 is 5.73 Å². The van der Waals surface area contributed by atoms with Crippen molar-refractivity contribution in [3.63, 3.8) is 0 Å². The van der Waals surface area contributed by atoms with Crippen molar-refractivity contribution in [1.82, 2.24) is 10.2 Å². The minimum absolute atomic E-state index is 0.0431. The molecule has 1 aromatic heterocycles. The fraction of sp³-hybridized carbons (Fsp3) is 0.833. The highest BCUT2D eigenvalue weighted by Gasteiger charge is 2.66. The van der Waals surface area contributed by atoms with Gasteiger partial charge in [0.15, 0.2) is 0 Å². The fourth-order valence-electron chi connectivity index (χ4n) is 4.22. The molecule has 0 amide bonds. The van der Waals surface area contributed by atoms with Crippen molar-refractivity contribution in [2.24, 2.45) is 29.4 Å². The zero-order valence-electron chi connectivity index (χ0n) is 9.47. The van der Waals surface area contributed by atoms with Crippen LogP contribution >= 0.6 is 11.3 Å². The molecular weight excluding hydrogens is 218 g/mol. The number of nitrogens with two attached hydrogens (primary N) is 1. The largest absolute Gasteiger partial charge is 0.322 e. The fourth-order valence-corrected chi connectivity index (χ4v) is 5.23. The summed E-state index contributed by atoms with van der Waals surface area (Å²) < 4.78 is 0. The summed E-state index contributed by atoms with van der Waals surface area (Å²) in [4.78, 5) is 0. The minimum atomic E-state index is 0.0431. The summed E-state index contributed by atoms with van der Waals surface area (Å²) >= 11 is 1.75. The molecule has 0 spiro atoms. The van der Waals surface area contributed by atoms with Crippen molar-refractivity contribution in [1.29, 1.82) is 0 Å². The van der Waals surface area contributed by atoms with E-state index in [0.29, 0.717) is 0 Å². The first-order valence-electron chi connectivity index (χ1n) is 6.34. The molecule has 0 aliphatic heterocycles. The Hall–Kier alpha value is -0.480. The molecule has 3 aliphatic rings. The third-order valence-corrected chi connectivity index (χ3v) is 6.09. The van der Waals surface area contributed by atoms with Crippen LogP contribution in [0.3, 0.4) is 0 Å². The second-order valence-corrected chi connectivity index (χ2v) is 6.82. The van der Waals surface area contributed by atoms with E-state index in [9.17, 15) is 0 Å².